The van der Waals surface area contributed by atoms with E-state index in [1.165, 1.54) is 0 Å². The van der Waals surface area contributed by atoms with Crippen LogP contribution in [0.3, 0.4) is 0 Å². The fraction of sp³-hybridized carbons (Fsp3) is 0.464. The molecule has 3 heterocycles. The van der Waals surface area contributed by atoms with Crippen molar-refractivity contribution in [2.24, 2.45) is 0 Å². The molecule has 3 saturated heterocycles. The van der Waals surface area contributed by atoms with Gasteiger partial charge in [-0.3, -0.25) is 9.59 Å². The fourth-order valence-corrected chi connectivity index (χ4v) is 5.52. The zero-order chi connectivity index (χ0) is 26.5. The molecule has 0 unspecified atom stereocenters. The van der Waals surface area contributed by atoms with Crippen LogP contribution in [-0.4, -0.2) is 97.3 Å². The first-order chi connectivity index (χ1) is 18.5. The van der Waals surface area contributed by atoms with Gasteiger partial charge in [-0.25, -0.2) is 4.79 Å². The van der Waals surface area contributed by atoms with Crippen LogP contribution >= 0.6 is 0 Å². The van der Waals surface area contributed by atoms with E-state index in [4.69, 9.17) is 9.47 Å². The number of anilines is 2. The number of rotatable bonds is 6. The number of urea groups is 1. The van der Waals surface area contributed by atoms with Crippen molar-refractivity contribution in [2.75, 3.05) is 69.4 Å². The lowest BCUT2D eigenvalue weighted by Crippen LogP contribution is -2.58. The van der Waals surface area contributed by atoms with Crippen molar-refractivity contribution in [3.63, 3.8) is 0 Å². The van der Waals surface area contributed by atoms with Crippen molar-refractivity contribution in [2.45, 2.75) is 25.3 Å². The van der Waals surface area contributed by atoms with Crippen LogP contribution in [0.4, 0.5) is 16.2 Å². The maximum atomic E-state index is 13.9. The molecule has 0 saturated carbocycles. The van der Waals surface area contributed by atoms with E-state index in [1.807, 2.05) is 61.5 Å². The van der Waals surface area contributed by atoms with Crippen LogP contribution < -0.4 is 15.0 Å². The number of nitrogens with one attached hydrogen (secondary N) is 1. The van der Waals surface area contributed by atoms with Gasteiger partial charge >= 0.3 is 6.03 Å². The van der Waals surface area contributed by atoms with Crippen LogP contribution in [0.1, 0.15) is 19.8 Å². The topological polar surface area (TPSA) is 94.7 Å². The Morgan fingerprint density at radius 2 is 1.63 bits per heavy atom. The summed E-state index contributed by atoms with van der Waals surface area (Å²) in [5, 5.41) is 2.96. The molecule has 4 amide bonds. The fourth-order valence-electron chi connectivity index (χ4n) is 5.52. The first-order valence-electron chi connectivity index (χ1n) is 13.3. The van der Waals surface area contributed by atoms with E-state index < -0.39 is 5.54 Å². The molecule has 2 aromatic carbocycles. The van der Waals surface area contributed by atoms with Crippen LogP contribution in [0.15, 0.2) is 54.6 Å². The molecule has 3 aliphatic rings. The molecule has 3 fully saturated rings. The molecule has 202 valence electrons. The van der Waals surface area contributed by atoms with Gasteiger partial charge in [0.1, 0.15) is 17.8 Å². The van der Waals surface area contributed by atoms with E-state index in [0.717, 1.165) is 5.69 Å². The van der Waals surface area contributed by atoms with Gasteiger partial charge in [0.25, 0.3) is 5.91 Å². The number of morpholine rings is 1. The quantitative estimate of drug-likeness (QED) is 0.628. The van der Waals surface area contributed by atoms with Crippen molar-refractivity contribution in [1.29, 1.82) is 0 Å². The molecule has 2 aromatic rings. The highest BCUT2D eigenvalue weighted by atomic mass is 16.5. The third-order valence-electron chi connectivity index (χ3n) is 7.58. The van der Waals surface area contributed by atoms with Gasteiger partial charge in [-0.2, -0.15) is 0 Å². The average molecular weight is 522 g/mol. The van der Waals surface area contributed by atoms with Crippen molar-refractivity contribution in [1.82, 2.24) is 14.7 Å². The van der Waals surface area contributed by atoms with Crippen LogP contribution in [-0.2, 0) is 14.3 Å². The smallest absolute Gasteiger partial charge is 0.321 e. The maximum absolute atomic E-state index is 13.9. The second kappa shape index (κ2) is 11.3. The summed E-state index contributed by atoms with van der Waals surface area (Å²) in [6.07, 6.45) is 0.951. The van der Waals surface area contributed by atoms with E-state index in [-0.39, 0.29) is 24.4 Å². The molecule has 0 aromatic heterocycles. The molecule has 1 spiro atoms. The minimum Gasteiger partial charge on any atom is -0.492 e. The van der Waals surface area contributed by atoms with Gasteiger partial charge < -0.3 is 34.4 Å². The van der Waals surface area contributed by atoms with E-state index in [2.05, 4.69) is 10.2 Å². The molecular formula is C28H35N5O5. The zero-order valence-electron chi connectivity index (χ0n) is 21.8. The third kappa shape index (κ3) is 5.13. The highest BCUT2D eigenvalue weighted by Gasteiger charge is 2.54. The van der Waals surface area contributed by atoms with Gasteiger partial charge in [0.05, 0.1) is 32.2 Å². The van der Waals surface area contributed by atoms with Gasteiger partial charge in [0.2, 0.25) is 5.91 Å². The number of piperidine rings is 1. The van der Waals surface area contributed by atoms with Crippen molar-refractivity contribution in [3.8, 4) is 5.75 Å². The van der Waals surface area contributed by atoms with E-state index >= 15 is 0 Å². The number of carbonyl (C=O) groups excluding carboxylic acids is 3. The molecular weight excluding hydrogens is 486 g/mol. The van der Waals surface area contributed by atoms with Crippen molar-refractivity contribution < 1.29 is 23.9 Å². The standard InChI is InChI=1S/C28H35N5O5/c1-2-38-24-11-7-6-10-23(24)29-27(36)31-14-12-28(13-15-31)26(35)32(20-25(34)30-16-18-37-19-17-30)21-33(28)22-8-4-3-5-9-22/h3-11H,2,12-21H2,1H3,(H,29,36). The number of ether oxygens (including phenoxy) is 2. The predicted octanol–water partition coefficient (Wildman–Crippen LogP) is 2.62. The number of amides is 4. The van der Waals surface area contributed by atoms with Crippen LogP contribution in [0.5, 0.6) is 5.75 Å². The Morgan fingerprint density at radius 1 is 0.947 bits per heavy atom. The summed E-state index contributed by atoms with van der Waals surface area (Å²) in [6, 6.07) is 17.0. The molecule has 0 radical (unpaired) electrons. The molecule has 0 aliphatic carbocycles. The Morgan fingerprint density at radius 3 is 2.34 bits per heavy atom. The molecule has 1 N–H and O–H groups in total. The molecule has 3 aliphatic heterocycles. The molecule has 5 rings (SSSR count). The zero-order valence-corrected chi connectivity index (χ0v) is 21.8. The minimum atomic E-state index is -0.799. The highest BCUT2D eigenvalue weighted by molar-refractivity contribution is 5.97. The van der Waals surface area contributed by atoms with Crippen LogP contribution in [0, 0.1) is 0 Å². The number of nitrogens with zero attached hydrogens (tertiary/aromatic N) is 4. The van der Waals surface area contributed by atoms with Crippen LogP contribution in [0.25, 0.3) is 0 Å². The average Bonchev–Trinajstić information content (AvgIpc) is 3.21. The molecule has 38 heavy (non-hydrogen) atoms. The summed E-state index contributed by atoms with van der Waals surface area (Å²) < 4.78 is 11.0. The Kier molecular flexibility index (Phi) is 7.69. The monoisotopic (exact) mass is 521 g/mol. The Bertz CT molecular complexity index is 1150. The first kappa shape index (κ1) is 25.8. The Labute approximate surface area is 223 Å². The molecule has 0 bridgehead atoms. The van der Waals surface area contributed by atoms with Gasteiger partial charge in [0.15, 0.2) is 0 Å². The number of hydrogen-bond donors (Lipinski definition) is 1. The molecule has 10 nitrogen and oxygen atoms in total. The number of hydrogen-bond acceptors (Lipinski definition) is 6. The Hall–Kier alpha value is -3.79. The van der Waals surface area contributed by atoms with Crippen LogP contribution in [0.2, 0.25) is 0 Å². The Balaban J connectivity index is 1.30. The van der Waals surface area contributed by atoms with Gasteiger partial charge in [0, 0.05) is 31.9 Å². The molecule has 10 heteroatoms. The number of carbonyl (C=O) groups is 3. The van der Waals surface area contributed by atoms with E-state index in [1.54, 1.807) is 14.7 Å². The largest absolute Gasteiger partial charge is 0.492 e. The SMILES string of the molecule is CCOc1ccccc1NC(=O)N1CCC2(CC1)C(=O)N(CC(=O)N1CCOCC1)CN2c1ccccc1. The summed E-state index contributed by atoms with van der Waals surface area (Å²) in [4.78, 5) is 47.3. The summed E-state index contributed by atoms with van der Waals surface area (Å²) in [5.74, 6) is 0.514. The van der Waals surface area contributed by atoms with E-state index in [0.29, 0.717) is 76.9 Å². The van der Waals surface area contributed by atoms with Gasteiger partial charge in [-0.1, -0.05) is 30.3 Å². The normalized spacial score (nSPS) is 19.1. The maximum Gasteiger partial charge on any atom is 0.321 e. The first-order valence-corrected chi connectivity index (χ1v) is 13.3. The summed E-state index contributed by atoms with van der Waals surface area (Å²) >= 11 is 0. The number of likely N-dealkylation sites (tertiary alicyclic amines) is 1. The lowest BCUT2D eigenvalue weighted by atomic mass is 9.85. The lowest BCUT2D eigenvalue weighted by molar-refractivity contribution is -0.143. The second-order valence-electron chi connectivity index (χ2n) is 9.78. The lowest BCUT2D eigenvalue weighted by Gasteiger charge is -2.43. The summed E-state index contributed by atoms with van der Waals surface area (Å²) in [5.41, 5.74) is 0.758. The number of para-hydroxylation sites is 3. The minimum absolute atomic E-state index is 0.0440. The third-order valence-corrected chi connectivity index (χ3v) is 7.58. The predicted molar refractivity (Wildman–Crippen MR) is 143 cm³/mol. The number of benzene rings is 2. The summed E-state index contributed by atoms with van der Waals surface area (Å²) in [6.45, 7) is 5.76. The summed E-state index contributed by atoms with van der Waals surface area (Å²) in [7, 11) is 0. The second-order valence-corrected chi connectivity index (χ2v) is 9.78. The van der Waals surface area contributed by atoms with E-state index in [9.17, 15) is 14.4 Å². The van der Waals surface area contributed by atoms with Crippen molar-refractivity contribution >= 4 is 29.2 Å². The van der Waals surface area contributed by atoms with Gasteiger partial charge in [-0.05, 0) is 44.0 Å². The molecule has 0 atom stereocenters. The highest BCUT2D eigenvalue weighted by Crippen LogP contribution is 2.39. The van der Waals surface area contributed by atoms with Crippen molar-refractivity contribution in [3.05, 3.63) is 54.6 Å². The van der Waals surface area contributed by atoms with Gasteiger partial charge in [-0.15, -0.1) is 0 Å².